The number of carbonyl (C=O) groups excluding carboxylic acids is 3. The molecule has 0 saturated heterocycles. The molecule has 0 rings (SSSR count). The minimum absolute atomic E-state index is 0.0987. The highest BCUT2D eigenvalue weighted by molar-refractivity contribution is 5.71. The first kappa shape index (κ1) is 79.3. The fourth-order valence-corrected chi connectivity index (χ4v) is 10.3. The lowest BCUT2D eigenvalue weighted by Crippen LogP contribution is -2.30. The normalized spacial score (nSPS) is 12.7. The molecule has 0 heterocycles. The van der Waals surface area contributed by atoms with Crippen LogP contribution in [-0.2, 0) is 28.6 Å². The average Bonchev–Trinajstić information content (AvgIpc) is 3.49. The van der Waals surface area contributed by atoms with E-state index >= 15 is 0 Å². The minimum Gasteiger partial charge on any atom is -0.462 e. The molecule has 0 radical (unpaired) electrons. The molecular weight excluding hydrogens is 1020 g/mol. The van der Waals surface area contributed by atoms with Gasteiger partial charge in [0.1, 0.15) is 13.2 Å². The first-order valence-corrected chi connectivity index (χ1v) is 35.7. The summed E-state index contributed by atoms with van der Waals surface area (Å²) >= 11 is 0. The van der Waals surface area contributed by atoms with Gasteiger partial charge in [-0.15, -0.1) is 0 Å². The number of ether oxygens (including phenoxy) is 3. The number of hydrogen-bond acceptors (Lipinski definition) is 6. The van der Waals surface area contributed by atoms with E-state index < -0.39 is 6.10 Å². The van der Waals surface area contributed by atoms with Crippen molar-refractivity contribution in [2.24, 2.45) is 0 Å². The predicted octanol–water partition coefficient (Wildman–Crippen LogP) is 24.8. The quantitative estimate of drug-likeness (QED) is 0.0261. The Bertz CT molecular complexity index is 1610. The van der Waals surface area contributed by atoms with Crippen molar-refractivity contribution in [1.82, 2.24) is 0 Å². The summed E-state index contributed by atoms with van der Waals surface area (Å²) in [6.45, 7) is 6.40. The van der Waals surface area contributed by atoms with Crippen LogP contribution >= 0.6 is 0 Å². The summed E-state index contributed by atoms with van der Waals surface area (Å²) in [5, 5.41) is 0. The van der Waals surface area contributed by atoms with E-state index in [0.29, 0.717) is 12.8 Å². The van der Waals surface area contributed by atoms with Crippen LogP contribution in [0.2, 0.25) is 0 Å². The van der Waals surface area contributed by atoms with E-state index in [4.69, 9.17) is 14.2 Å². The lowest BCUT2D eigenvalue weighted by atomic mass is 10.0. The van der Waals surface area contributed by atoms with Gasteiger partial charge in [-0.3, -0.25) is 14.4 Å². The van der Waals surface area contributed by atoms with Crippen molar-refractivity contribution in [3.8, 4) is 0 Å². The molecule has 0 aliphatic carbocycles. The second kappa shape index (κ2) is 70.8. The third kappa shape index (κ3) is 69.0. The molecule has 478 valence electrons. The Kier molecular flexibility index (Phi) is 67.7. The van der Waals surface area contributed by atoms with Crippen molar-refractivity contribution in [2.75, 3.05) is 13.2 Å². The summed E-state index contributed by atoms with van der Waals surface area (Å²) in [6.07, 6.45) is 96.1. The third-order valence-corrected chi connectivity index (χ3v) is 15.6. The second-order valence-electron chi connectivity index (χ2n) is 23.7. The Balaban J connectivity index is 4.19. The van der Waals surface area contributed by atoms with Gasteiger partial charge in [0.05, 0.1) is 0 Å². The topological polar surface area (TPSA) is 78.9 Å². The Hall–Kier alpha value is -3.67. The SMILES string of the molecule is CC/C=C\C/C=C\C/C=C\C/C=C\C/C=C\CCCCCC(=O)OC(COC(=O)CCCCC/C=C\C/C=C\C/C=C\CC)COC(=O)CCCCCCCCCCCCCCCCCCCCCCCCCCCCCCCCCCC. The molecule has 0 spiro atoms. The van der Waals surface area contributed by atoms with Gasteiger partial charge in [-0.25, -0.2) is 0 Å². The van der Waals surface area contributed by atoms with E-state index in [0.717, 1.165) is 122 Å². The van der Waals surface area contributed by atoms with Crippen LogP contribution in [-0.4, -0.2) is 37.2 Å². The van der Waals surface area contributed by atoms with Gasteiger partial charge in [-0.05, 0) is 96.3 Å². The first-order valence-electron chi connectivity index (χ1n) is 35.7. The average molecular weight is 1160 g/mol. The van der Waals surface area contributed by atoms with Crippen molar-refractivity contribution in [3.05, 3.63) is 97.2 Å². The monoisotopic (exact) mass is 1160 g/mol. The van der Waals surface area contributed by atoms with Crippen molar-refractivity contribution >= 4 is 17.9 Å². The van der Waals surface area contributed by atoms with Crippen LogP contribution in [0.5, 0.6) is 0 Å². The van der Waals surface area contributed by atoms with Gasteiger partial charge in [0.15, 0.2) is 6.10 Å². The molecule has 1 atom stereocenters. The summed E-state index contributed by atoms with van der Waals surface area (Å²) in [7, 11) is 0. The van der Waals surface area contributed by atoms with Gasteiger partial charge in [-0.2, -0.15) is 0 Å². The summed E-state index contributed by atoms with van der Waals surface area (Å²) in [4.78, 5) is 38.3. The van der Waals surface area contributed by atoms with Gasteiger partial charge >= 0.3 is 17.9 Å². The molecule has 0 aromatic carbocycles. The van der Waals surface area contributed by atoms with Gasteiger partial charge in [0.25, 0.3) is 0 Å². The molecule has 6 nitrogen and oxygen atoms in total. The van der Waals surface area contributed by atoms with Gasteiger partial charge in [-0.1, -0.05) is 336 Å². The molecule has 83 heavy (non-hydrogen) atoms. The lowest BCUT2D eigenvalue weighted by Gasteiger charge is -2.18. The predicted molar refractivity (Wildman–Crippen MR) is 362 cm³/mol. The Morgan fingerprint density at radius 3 is 0.735 bits per heavy atom. The third-order valence-electron chi connectivity index (χ3n) is 15.6. The van der Waals surface area contributed by atoms with E-state index in [2.05, 4.69) is 118 Å². The van der Waals surface area contributed by atoms with Crippen LogP contribution in [0.15, 0.2) is 97.2 Å². The molecule has 6 heteroatoms. The summed E-state index contributed by atoms with van der Waals surface area (Å²) in [6, 6.07) is 0. The Morgan fingerprint density at radius 2 is 0.470 bits per heavy atom. The Labute approximate surface area is 515 Å². The number of allylic oxidation sites excluding steroid dienone is 16. The molecule has 0 N–H and O–H groups in total. The van der Waals surface area contributed by atoms with Crippen LogP contribution in [0.3, 0.4) is 0 Å². The molecule has 0 bridgehead atoms. The van der Waals surface area contributed by atoms with Gasteiger partial charge < -0.3 is 14.2 Å². The summed E-state index contributed by atoms with van der Waals surface area (Å²) in [5.74, 6) is -0.950. The fraction of sp³-hybridized carbons (Fsp3) is 0.753. The van der Waals surface area contributed by atoms with Crippen LogP contribution < -0.4 is 0 Å². The molecule has 0 fully saturated rings. The van der Waals surface area contributed by atoms with E-state index in [1.54, 1.807) is 0 Å². The number of hydrogen-bond donors (Lipinski definition) is 0. The summed E-state index contributed by atoms with van der Waals surface area (Å²) < 4.78 is 16.9. The van der Waals surface area contributed by atoms with E-state index in [1.807, 2.05) is 0 Å². The van der Waals surface area contributed by atoms with Crippen LogP contribution in [0, 0.1) is 0 Å². The molecule has 0 aliphatic heterocycles. The molecular formula is C77H134O6. The molecule has 0 aromatic heterocycles. The second-order valence-corrected chi connectivity index (χ2v) is 23.7. The van der Waals surface area contributed by atoms with Crippen molar-refractivity contribution in [2.45, 2.75) is 361 Å². The van der Waals surface area contributed by atoms with E-state index in [-0.39, 0.29) is 37.5 Å². The minimum atomic E-state index is -0.809. The molecule has 0 saturated carbocycles. The zero-order valence-electron chi connectivity index (χ0n) is 54.9. The first-order chi connectivity index (χ1) is 41.0. The highest BCUT2D eigenvalue weighted by Gasteiger charge is 2.19. The number of esters is 3. The standard InChI is InChI=1S/C77H134O6/c1-4-7-10-13-16-19-22-25-27-29-31-32-33-34-35-36-37-38-39-40-41-42-43-44-46-47-49-52-55-58-61-64-67-70-76(79)82-73-74(72-81-75(78)69-66-63-60-57-54-51-24-21-18-15-12-9-6-3)83-77(80)71-68-65-62-59-56-53-50-48-45-30-28-26-23-20-17-14-11-8-5-2/h8-9,11-12,17-18,20-21,26,28,45,48,51,53-54,56,74H,4-7,10,13-16,19,22-25,27,29-44,46-47,49-50,52,55,57-73H2,1-3H3/b11-8-,12-9-,20-17-,21-18-,28-26-,48-45-,54-51-,56-53-. The number of unbranched alkanes of at least 4 members (excludes halogenated alkanes) is 38. The zero-order chi connectivity index (χ0) is 59.9. The smallest absolute Gasteiger partial charge is 0.306 e. The fourth-order valence-electron chi connectivity index (χ4n) is 10.3. The van der Waals surface area contributed by atoms with E-state index in [1.165, 1.54) is 193 Å². The van der Waals surface area contributed by atoms with E-state index in [9.17, 15) is 14.4 Å². The molecule has 0 aromatic rings. The summed E-state index contributed by atoms with van der Waals surface area (Å²) in [5.41, 5.74) is 0. The number of carbonyl (C=O) groups is 3. The van der Waals surface area contributed by atoms with Crippen molar-refractivity contribution < 1.29 is 28.6 Å². The van der Waals surface area contributed by atoms with Crippen molar-refractivity contribution in [3.63, 3.8) is 0 Å². The molecule has 0 aliphatic rings. The number of rotatable bonds is 65. The van der Waals surface area contributed by atoms with Gasteiger partial charge in [0, 0.05) is 19.3 Å². The maximum absolute atomic E-state index is 12.9. The maximum atomic E-state index is 12.9. The maximum Gasteiger partial charge on any atom is 0.306 e. The molecule has 0 amide bonds. The Morgan fingerprint density at radius 1 is 0.253 bits per heavy atom. The lowest BCUT2D eigenvalue weighted by molar-refractivity contribution is -0.167. The molecule has 1 unspecified atom stereocenters. The van der Waals surface area contributed by atoms with Crippen LogP contribution in [0.4, 0.5) is 0 Å². The highest BCUT2D eigenvalue weighted by Crippen LogP contribution is 2.18. The van der Waals surface area contributed by atoms with Gasteiger partial charge in [0.2, 0.25) is 0 Å². The van der Waals surface area contributed by atoms with Crippen molar-refractivity contribution in [1.29, 1.82) is 0 Å². The zero-order valence-corrected chi connectivity index (χ0v) is 54.9. The highest BCUT2D eigenvalue weighted by atomic mass is 16.6. The van der Waals surface area contributed by atoms with Crippen LogP contribution in [0.1, 0.15) is 355 Å². The largest absolute Gasteiger partial charge is 0.462 e. The van der Waals surface area contributed by atoms with Crippen LogP contribution in [0.25, 0.3) is 0 Å².